The number of hydrogen-bond donors (Lipinski definition) is 3. The molecule has 106 valence electrons. The lowest BCUT2D eigenvalue weighted by Gasteiger charge is -2.24. The normalized spacial score (nSPS) is 13.8. The van der Waals surface area contributed by atoms with Crippen LogP contribution in [-0.2, 0) is 15.1 Å². The van der Waals surface area contributed by atoms with Crippen molar-refractivity contribution >= 4 is 5.91 Å². The third kappa shape index (κ3) is 4.98. The molecule has 0 saturated carbocycles. The predicted octanol–water partition coefficient (Wildman–Crippen LogP) is 0.213. The summed E-state index contributed by atoms with van der Waals surface area (Å²) in [6.45, 7) is 4.38. The van der Waals surface area contributed by atoms with E-state index in [-0.39, 0.29) is 5.91 Å². The number of rotatable bonds is 8. The maximum absolute atomic E-state index is 12.1. The Morgan fingerprint density at radius 1 is 1.26 bits per heavy atom. The van der Waals surface area contributed by atoms with Crippen molar-refractivity contribution in [3.8, 4) is 0 Å². The van der Waals surface area contributed by atoms with Gasteiger partial charge in [-0.05, 0) is 12.5 Å². The number of hydrogen-bond acceptors (Lipinski definition) is 4. The van der Waals surface area contributed by atoms with Gasteiger partial charge in [-0.1, -0.05) is 30.3 Å². The van der Waals surface area contributed by atoms with Crippen molar-refractivity contribution in [1.82, 2.24) is 10.6 Å². The number of ether oxygens (including phenoxy) is 1. The Morgan fingerprint density at radius 3 is 2.58 bits per heavy atom. The molecule has 1 aromatic carbocycles. The van der Waals surface area contributed by atoms with Crippen LogP contribution in [-0.4, -0.2) is 39.3 Å². The molecule has 1 aromatic rings. The minimum absolute atomic E-state index is 0.174. The Hall–Kier alpha value is -1.43. The molecule has 0 bridgehead atoms. The van der Waals surface area contributed by atoms with Gasteiger partial charge in [0.05, 0.1) is 6.61 Å². The number of benzene rings is 1. The molecule has 0 spiro atoms. The van der Waals surface area contributed by atoms with Gasteiger partial charge >= 0.3 is 0 Å². The molecule has 5 heteroatoms. The van der Waals surface area contributed by atoms with Crippen molar-refractivity contribution in [3.05, 3.63) is 35.9 Å². The van der Waals surface area contributed by atoms with Crippen molar-refractivity contribution in [2.75, 3.05) is 33.4 Å². The molecule has 0 heterocycles. The zero-order chi connectivity index (χ0) is 14.1. The number of carbonyl (C=O) groups is 1. The van der Waals surface area contributed by atoms with Crippen LogP contribution in [0, 0.1) is 0 Å². The average Bonchev–Trinajstić information content (AvgIpc) is 2.43. The van der Waals surface area contributed by atoms with E-state index in [9.17, 15) is 4.79 Å². The fraction of sp³-hybridized carbons (Fsp3) is 0.500. The van der Waals surface area contributed by atoms with Crippen LogP contribution in [0.25, 0.3) is 0 Å². The predicted molar refractivity (Wildman–Crippen MR) is 75.7 cm³/mol. The van der Waals surface area contributed by atoms with Gasteiger partial charge in [-0.3, -0.25) is 4.79 Å². The zero-order valence-electron chi connectivity index (χ0n) is 11.6. The number of methoxy groups -OCH3 is 1. The van der Waals surface area contributed by atoms with Crippen LogP contribution in [0.2, 0.25) is 0 Å². The third-order valence-corrected chi connectivity index (χ3v) is 2.92. The maximum Gasteiger partial charge on any atom is 0.244 e. The van der Waals surface area contributed by atoms with E-state index in [1.807, 2.05) is 30.3 Å². The van der Waals surface area contributed by atoms with E-state index in [1.165, 1.54) is 0 Å². The molecule has 0 saturated heterocycles. The second-order valence-electron chi connectivity index (χ2n) is 4.57. The molecule has 0 aromatic heterocycles. The summed E-state index contributed by atoms with van der Waals surface area (Å²) < 4.78 is 4.91. The SMILES string of the molecule is COCCNCCNC(=O)C(C)(N)c1ccccc1. The van der Waals surface area contributed by atoms with Crippen LogP contribution in [0.5, 0.6) is 0 Å². The molecule has 1 atom stereocenters. The van der Waals surface area contributed by atoms with Gasteiger partial charge in [0.15, 0.2) is 0 Å². The van der Waals surface area contributed by atoms with Gasteiger partial charge in [-0.2, -0.15) is 0 Å². The molecule has 0 aliphatic carbocycles. The maximum atomic E-state index is 12.1. The highest BCUT2D eigenvalue weighted by Gasteiger charge is 2.29. The third-order valence-electron chi connectivity index (χ3n) is 2.92. The van der Waals surface area contributed by atoms with Crippen molar-refractivity contribution in [3.63, 3.8) is 0 Å². The highest BCUT2D eigenvalue weighted by atomic mass is 16.5. The summed E-state index contributed by atoms with van der Waals surface area (Å²) in [6, 6.07) is 9.37. The monoisotopic (exact) mass is 265 g/mol. The molecule has 19 heavy (non-hydrogen) atoms. The van der Waals surface area contributed by atoms with E-state index < -0.39 is 5.54 Å². The molecule has 1 amide bonds. The molecule has 4 N–H and O–H groups in total. The minimum Gasteiger partial charge on any atom is -0.383 e. The molecule has 0 fully saturated rings. The zero-order valence-corrected chi connectivity index (χ0v) is 11.6. The Bertz CT molecular complexity index is 380. The van der Waals surface area contributed by atoms with Gasteiger partial charge in [-0.25, -0.2) is 0 Å². The van der Waals surface area contributed by atoms with Crippen molar-refractivity contribution in [2.45, 2.75) is 12.5 Å². The summed E-state index contributed by atoms with van der Waals surface area (Å²) in [4.78, 5) is 12.1. The quantitative estimate of drug-likeness (QED) is 0.587. The fourth-order valence-corrected chi connectivity index (χ4v) is 1.66. The fourth-order valence-electron chi connectivity index (χ4n) is 1.66. The van der Waals surface area contributed by atoms with E-state index in [0.29, 0.717) is 19.7 Å². The lowest BCUT2D eigenvalue weighted by molar-refractivity contribution is -0.126. The van der Waals surface area contributed by atoms with E-state index in [0.717, 1.165) is 12.1 Å². The van der Waals surface area contributed by atoms with E-state index in [2.05, 4.69) is 10.6 Å². The summed E-state index contributed by atoms with van der Waals surface area (Å²) >= 11 is 0. The van der Waals surface area contributed by atoms with Crippen LogP contribution in [0.3, 0.4) is 0 Å². The van der Waals surface area contributed by atoms with Gasteiger partial charge in [0.25, 0.3) is 0 Å². The lowest BCUT2D eigenvalue weighted by atomic mass is 9.92. The van der Waals surface area contributed by atoms with Crippen molar-refractivity contribution in [2.24, 2.45) is 5.73 Å². The van der Waals surface area contributed by atoms with Crippen molar-refractivity contribution in [1.29, 1.82) is 0 Å². The van der Waals surface area contributed by atoms with Gasteiger partial charge in [0.2, 0.25) is 5.91 Å². The molecule has 0 aliphatic heterocycles. The van der Waals surface area contributed by atoms with E-state index in [1.54, 1.807) is 14.0 Å². The Balaban J connectivity index is 2.36. The van der Waals surface area contributed by atoms with Crippen LogP contribution < -0.4 is 16.4 Å². The van der Waals surface area contributed by atoms with Gasteiger partial charge < -0.3 is 21.1 Å². The topological polar surface area (TPSA) is 76.4 Å². The first-order chi connectivity index (χ1) is 9.09. The van der Waals surface area contributed by atoms with Gasteiger partial charge in [0.1, 0.15) is 5.54 Å². The first-order valence-electron chi connectivity index (χ1n) is 6.41. The Morgan fingerprint density at radius 2 is 1.95 bits per heavy atom. The Kier molecular flexibility index (Phi) is 6.49. The Labute approximate surface area is 114 Å². The van der Waals surface area contributed by atoms with Gasteiger partial charge in [-0.15, -0.1) is 0 Å². The second-order valence-corrected chi connectivity index (χ2v) is 4.57. The average molecular weight is 265 g/mol. The molecule has 0 aliphatic rings. The van der Waals surface area contributed by atoms with Crippen LogP contribution in [0.4, 0.5) is 0 Å². The number of nitrogens with one attached hydrogen (secondary N) is 2. The second kappa shape index (κ2) is 7.89. The number of amides is 1. The first kappa shape index (κ1) is 15.6. The number of nitrogens with two attached hydrogens (primary N) is 1. The molecular weight excluding hydrogens is 242 g/mol. The van der Waals surface area contributed by atoms with Crippen LogP contribution in [0.1, 0.15) is 12.5 Å². The van der Waals surface area contributed by atoms with E-state index >= 15 is 0 Å². The highest BCUT2D eigenvalue weighted by molar-refractivity contribution is 5.86. The summed E-state index contributed by atoms with van der Waals surface area (Å²) in [6.07, 6.45) is 0. The summed E-state index contributed by atoms with van der Waals surface area (Å²) in [5.74, 6) is -0.174. The molecule has 1 rings (SSSR count). The summed E-state index contributed by atoms with van der Waals surface area (Å²) in [5.41, 5.74) is 5.89. The van der Waals surface area contributed by atoms with Gasteiger partial charge in [0, 0.05) is 26.7 Å². The molecule has 5 nitrogen and oxygen atoms in total. The van der Waals surface area contributed by atoms with Crippen molar-refractivity contribution < 1.29 is 9.53 Å². The van der Waals surface area contributed by atoms with E-state index in [4.69, 9.17) is 10.5 Å². The molecular formula is C14H23N3O2. The van der Waals surface area contributed by atoms with Crippen LogP contribution in [0.15, 0.2) is 30.3 Å². The smallest absolute Gasteiger partial charge is 0.244 e. The first-order valence-corrected chi connectivity index (χ1v) is 6.41. The largest absolute Gasteiger partial charge is 0.383 e. The summed E-state index contributed by atoms with van der Waals surface area (Å²) in [5, 5.41) is 5.98. The minimum atomic E-state index is -1.01. The summed E-state index contributed by atoms with van der Waals surface area (Å²) in [7, 11) is 1.66. The standard InChI is InChI=1S/C14H23N3O2/c1-14(15,12-6-4-3-5-7-12)13(18)17-9-8-16-10-11-19-2/h3-7,16H,8-11,15H2,1-2H3,(H,17,18). The molecule has 0 radical (unpaired) electrons. The number of carbonyl (C=O) groups excluding carboxylic acids is 1. The van der Waals surface area contributed by atoms with Crippen LogP contribution >= 0.6 is 0 Å². The molecule has 1 unspecified atom stereocenters. The highest BCUT2D eigenvalue weighted by Crippen LogP contribution is 2.16. The lowest BCUT2D eigenvalue weighted by Crippen LogP contribution is -2.50.